The first-order valence-electron chi connectivity index (χ1n) is 7.09. The molecule has 0 aliphatic heterocycles. The maximum atomic E-state index is 11.4. The van der Waals surface area contributed by atoms with Gasteiger partial charge in [-0.2, -0.15) is 0 Å². The second-order valence-corrected chi connectivity index (χ2v) is 6.20. The second-order valence-electron chi connectivity index (χ2n) is 6.20. The molecule has 0 spiro atoms. The van der Waals surface area contributed by atoms with E-state index in [0.717, 1.165) is 13.0 Å². The smallest absolute Gasteiger partial charge is 0.407 e. The second kappa shape index (κ2) is 6.41. The van der Waals surface area contributed by atoms with Crippen LogP contribution in [0.4, 0.5) is 4.79 Å². The SMILES string of the molecule is CCC1(NCCCNC(=O)OC(C)(C)C)CCC1. The zero-order valence-corrected chi connectivity index (χ0v) is 12.3. The summed E-state index contributed by atoms with van der Waals surface area (Å²) >= 11 is 0. The number of nitrogens with one attached hydrogen (secondary N) is 2. The van der Waals surface area contributed by atoms with E-state index in [0.29, 0.717) is 12.1 Å². The summed E-state index contributed by atoms with van der Waals surface area (Å²) in [5.74, 6) is 0. The number of hydrogen-bond donors (Lipinski definition) is 2. The van der Waals surface area contributed by atoms with Gasteiger partial charge < -0.3 is 15.4 Å². The molecule has 1 aliphatic rings. The lowest BCUT2D eigenvalue weighted by Crippen LogP contribution is -2.51. The Morgan fingerprint density at radius 2 is 1.94 bits per heavy atom. The van der Waals surface area contributed by atoms with E-state index in [4.69, 9.17) is 4.74 Å². The maximum absolute atomic E-state index is 11.4. The molecule has 0 aromatic heterocycles. The molecule has 1 saturated carbocycles. The van der Waals surface area contributed by atoms with Crippen LogP contribution in [0.1, 0.15) is 59.8 Å². The van der Waals surface area contributed by atoms with Gasteiger partial charge in [0.1, 0.15) is 5.60 Å². The highest BCUT2D eigenvalue weighted by Crippen LogP contribution is 2.34. The predicted molar refractivity (Wildman–Crippen MR) is 73.7 cm³/mol. The van der Waals surface area contributed by atoms with Crippen LogP contribution in [0, 0.1) is 0 Å². The molecule has 0 saturated heterocycles. The molecule has 0 heterocycles. The highest BCUT2D eigenvalue weighted by molar-refractivity contribution is 5.67. The average molecular weight is 256 g/mol. The highest BCUT2D eigenvalue weighted by Gasteiger charge is 2.33. The largest absolute Gasteiger partial charge is 0.444 e. The fourth-order valence-electron chi connectivity index (χ4n) is 2.21. The van der Waals surface area contributed by atoms with E-state index in [2.05, 4.69) is 17.6 Å². The summed E-state index contributed by atoms with van der Waals surface area (Å²) in [6, 6.07) is 0. The molecule has 4 nitrogen and oxygen atoms in total. The third-order valence-electron chi connectivity index (χ3n) is 3.51. The third kappa shape index (κ3) is 5.25. The van der Waals surface area contributed by atoms with E-state index in [9.17, 15) is 4.79 Å². The van der Waals surface area contributed by atoms with Gasteiger partial charge in [0, 0.05) is 12.1 Å². The molecule has 1 rings (SSSR count). The molecular weight excluding hydrogens is 228 g/mol. The molecule has 0 radical (unpaired) electrons. The first kappa shape index (κ1) is 15.3. The average Bonchev–Trinajstić information content (AvgIpc) is 2.18. The van der Waals surface area contributed by atoms with Gasteiger partial charge in [0.25, 0.3) is 0 Å². The lowest BCUT2D eigenvalue weighted by Gasteiger charge is -2.42. The van der Waals surface area contributed by atoms with Crippen LogP contribution in [-0.2, 0) is 4.74 Å². The van der Waals surface area contributed by atoms with Crippen molar-refractivity contribution >= 4 is 6.09 Å². The molecule has 0 aromatic rings. The van der Waals surface area contributed by atoms with Gasteiger partial charge in [-0.3, -0.25) is 0 Å². The number of amides is 1. The van der Waals surface area contributed by atoms with Crippen LogP contribution in [0.15, 0.2) is 0 Å². The molecule has 0 aromatic carbocycles. The Morgan fingerprint density at radius 1 is 1.28 bits per heavy atom. The van der Waals surface area contributed by atoms with Gasteiger partial charge in [0.15, 0.2) is 0 Å². The molecular formula is C14H28N2O2. The van der Waals surface area contributed by atoms with Crippen molar-refractivity contribution in [3.8, 4) is 0 Å². The zero-order valence-electron chi connectivity index (χ0n) is 12.3. The molecule has 2 N–H and O–H groups in total. The van der Waals surface area contributed by atoms with E-state index < -0.39 is 5.60 Å². The van der Waals surface area contributed by atoms with Gasteiger partial charge in [0.2, 0.25) is 0 Å². The Balaban J connectivity index is 2.03. The van der Waals surface area contributed by atoms with E-state index >= 15 is 0 Å². The maximum Gasteiger partial charge on any atom is 0.407 e. The molecule has 1 fully saturated rings. The summed E-state index contributed by atoms with van der Waals surface area (Å²) in [6.07, 6.45) is 5.76. The van der Waals surface area contributed by atoms with Crippen molar-refractivity contribution in [2.24, 2.45) is 0 Å². The van der Waals surface area contributed by atoms with Crippen LogP contribution in [0.3, 0.4) is 0 Å². The number of carbonyl (C=O) groups excluding carboxylic acids is 1. The minimum absolute atomic E-state index is 0.323. The van der Waals surface area contributed by atoms with Gasteiger partial charge in [-0.1, -0.05) is 6.92 Å². The first-order valence-corrected chi connectivity index (χ1v) is 7.09. The van der Waals surface area contributed by atoms with Crippen molar-refractivity contribution < 1.29 is 9.53 Å². The van der Waals surface area contributed by atoms with Crippen LogP contribution >= 0.6 is 0 Å². The van der Waals surface area contributed by atoms with Gasteiger partial charge in [-0.05, 0) is 59.4 Å². The van der Waals surface area contributed by atoms with Crippen LogP contribution in [0.25, 0.3) is 0 Å². The lowest BCUT2D eigenvalue weighted by molar-refractivity contribution is 0.0526. The fourth-order valence-corrected chi connectivity index (χ4v) is 2.21. The summed E-state index contributed by atoms with van der Waals surface area (Å²) in [4.78, 5) is 11.4. The number of hydrogen-bond acceptors (Lipinski definition) is 3. The Kier molecular flexibility index (Phi) is 5.45. The molecule has 4 heteroatoms. The van der Waals surface area contributed by atoms with Gasteiger partial charge in [-0.15, -0.1) is 0 Å². The van der Waals surface area contributed by atoms with E-state index in [1.807, 2.05) is 20.8 Å². The van der Waals surface area contributed by atoms with Crippen LogP contribution in [0.2, 0.25) is 0 Å². The van der Waals surface area contributed by atoms with Crippen LogP contribution in [-0.4, -0.2) is 30.3 Å². The summed E-state index contributed by atoms with van der Waals surface area (Å²) < 4.78 is 5.17. The zero-order chi connectivity index (χ0) is 13.6. The van der Waals surface area contributed by atoms with E-state index in [1.165, 1.54) is 25.7 Å². The molecule has 1 amide bonds. The first-order chi connectivity index (χ1) is 8.37. The standard InChI is InChI=1S/C14H28N2O2/c1-5-14(8-6-9-14)16-11-7-10-15-12(17)18-13(2,3)4/h16H,5-11H2,1-4H3,(H,15,17). The predicted octanol–water partition coefficient (Wildman–Crippen LogP) is 2.82. The monoisotopic (exact) mass is 256 g/mol. The van der Waals surface area contributed by atoms with Gasteiger partial charge in [-0.25, -0.2) is 4.79 Å². The summed E-state index contributed by atoms with van der Waals surface area (Å²) in [5.41, 5.74) is -0.0214. The lowest BCUT2D eigenvalue weighted by atomic mass is 9.75. The van der Waals surface area contributed by atoms with Crippen LogP contribution < -0.4 is 10.6 Å². The van der Waals surface area contributed by atoms with Crippen molar-refractivity contribution in [2.45, 2.75) is 70.9 Å². The number of ether oxygens (including phenoxy) is 1. The molecule has 0 atom stereocenters. The van der Waals surface area contributed by atoms with Gasteiger partial charge >= 0.3 is 6.09 Å². The topological polar surface area (TPSA) is 50.4 Å². The minimum Gasteiger partial charge on any atom is -0.444 e. The Hall–Kier alpha value is -0.770. The van der Waals surface area contributed by atoms with Crippen molar-refractivity contribution in [3.63, 3.8) is 0 Å². The highest BCUT2D eigenvalue weighted by atomic mass is 16.6. The fraction of sp³-hybridized carbons (Fsp3) is 0.929. The van der Waals surface area contributed by atoms with Crippen molar-refractivity contribution in [3.05, 3.63) is 0 Å². The number of carbonyl (C=O) groups is 1. The van der Waals surface area contributed by atoms with Crippen molar-refractivity contribution in [1.82, 2.24) is 10.6 Å². The Labute approximate surface area is 111 Å². The normalized spacial score (nSPS) is 18.0. The molecule has 1 aliphatic carbocycles. The third-order valence-corrected chi connectivity index (χ3v) is 3.51. The Morgan fingerprint density at radius 3 is 2.39 bits per heavy atom. The van der Waals surface area contributed by atoms with E-state index in [1.54, 1.807) is 0 Å². The van der Waals surface area contributed by atoms with Crippen molar-refractivity contribution in [2.75, 3.05) is 13.1 Å². The summed E-state index contributed by atoms with van der Waals surface area (Å²) in [7, 11) is 0. The van der Waals surface area contributed by atoms with Crippen LogP contribution in [0.5, 0.6) is 0 Å². The number of rotatable bonds is 6. The summed E-state index contributed by atoms with van der Waals surface area (Å²) in [5, 5.41) is 6.39. The van der Waals surface area contributed by atoms with Gasteiger partial charge in [0.05, 0.1) is 0 Å². The summed E-state index contributed by atoms with van der Waals surface area (Å²) in [6.45, 7) is 9.48. The van der Waals surface area contributed by atoms with E-state index in [-0.39, 0.29) is 6.09 Å². The molecule has 0 bridgehead atoms. The molecule has 0 unspecified atom stereocenters. The quantitative estimate of drug-likeness (QED) is 0.718. The minimum atomic E-state index is -0.416. The molecule has 106 valence electrons. The van der Waals surface area contributed by atoms with Crippen molar-refractivity contribution in [1.29, 1.82) is 0 Å². The Bertz CT molecular complexity index is 262. The number of alkyl carbamates (subject to hydrolysis) is 1. The molecule has 18 heavy (non-hydrogen) atoms.